The molecule has 1 aromatic carbocycles. The minimum atomic E-state index is -0.774. The van der Waals surface area contributed by atoms with Gasteiger partial charge in [0.2, 0.25) is 5.91 Å². The third kappa shape index (κ3) is 6.14. The average Bonchev–Trinajstić information content (AvgIpc) is 3.27. The second kappa shape index (κ2) is 10.5. The van der Waals surface area contributed by atoms with Gasteiger partial charge in [-0.2, -0.15) is 0 Å². The van der Waals surface area contributed by atoms with Crippen molar-refractivity contribution in [3.05, 3.63) is 35.6 Å². The highest BCUT2D eigenvalue weighted by Crippen LogP contribution is 2.14. The number of nitrogens with zero attached hydrogens (tertiary/aromatic N) is 4. The Bertz CT molecular complexity index is 683. The number of nitrogens with one attached hydrogen (secondary N) is 1. The Morgan fingerprint density at radius 2 is 1.76 bits per heavy atom. The lowest BCUT2D eigenvalue weighted by molar-refractivity contribution is -0.131. The largest absolute Gasteiger partial charge is 0.386 e. The minimum absolute atomic E-state index is 0.210. The highest BCUT2D eigenvalue weighted by molar-refractivity contribution is 5.80. The molecule has 0 aromatic heterocycles. The number of likely N-dealkylation sites (tertiary alicyclic amines) is 1. The number of halogens is 1. The first-order valence-corrected chi connectivity index (χ1v) is 10.5. The van der Waals surface area contributed by atoms with Crippen LogP contribution >= 0.6 is 0 Å². The summed E-state index contributed by atoms with van der Waals surface area (Å²) in [6, 6.07) is 5.85. The molecule has 2 heterocycles. The molecule has 8 heteroatoms. The average molecular weight is 406 g/mol. The summed E-state index contributed by atoms with van der Waals surface area (Å²) >= 11 is 0. The summed E-state index contributed by atoms with van der Waals surface area (Å²) in [5.74, 6) is 0.678. The maximum atomic E-state index is 13.1. The van der Waals surface area contributed by atoms with E-state index in [2.05, 4.69) is 20.1 Å². The van der Waals surface area contributed by atoms with E-state index in [0.717, 1.165) is 64.6 Å². The Kier molecular flexibility index (Phi) is 7.83. The van der Waals surface area contributed by atoms with E-state index in [1.54, 1.807) is 12.1 Å². The van der Waals surface area contributed by atoms with Gasteiger partial charge in [0.25, 0.3) is 0 Å². The lowest BCUT2D eigenvalue weighted by Gasteiger charge is -2.36. The predicted octanol–water partition coefficient (Wildman–Crippen LogP) is 1.06. The summed E-state index contributed by atoms with van der Waals surface area (Å²) in [5, 5.41) is 13.6. The predicted molar refractivity (Wildman–Crippen MR) is 111 cm³/mol. The number of hydrogen-bond donors (Lipinski definition) is 2. The molecular weight excluding hydrogens is 373 g/mol. The topological polar surface area (TPSA) is 71.4 Å². The molecule has 1 atom stereocenters. The van der Waals surface area contributed by atoms with E-state index in [0.29, 0.717) is 12.1 Å². The van der Waals surface area contributed by atoms with E-state index < -0.39 is 6.10 Å². The third-order valence-electron chi connectivity index (χ3n) is 5.49. The van der Waals surface area contributed by atoms with Gasteiger partial charge >= 0.3 is 0 Å². The van der Waals surface area contributed by atoms with Crippen LogP contribution in [0.3, 0.4) is 0 Å². The maximum absolute atomic E-state index is 13.1. The van der Waals surface area contributed by atoms with Crippen LogP contribution in [-0.4, -0.2) is 90.6 Å². The molecule has 1 aromatic rings. The molecule has 2 fully saturated rings. The summed E-state index contributed by atoms with van der Waals surface area (Å²) in [6.07, 6.45) is 1.46. The number of hydrogen-bond acceptors (Lipinski definition) is 4. The number of aliphatic hydroxyl groups is 1. The fourth-order valence-electron chi connectivity index (χ4n) is 3.76. The van der Waals surface area contributed by atoms with Crippen LogP contribution in [0.5, 0.6) is 0 Å². The van der Waals surface area contributed by atoms with Crippen LogP contribution in [0.4, 0.5) is 4.39 Å². The zero-order valence-corrected chi connectivity index (χ0v) is 17.2. The molecular formula is C21H32FN5O2. The van der Waals surface area contributed by atoms with Gasteiger partial charge in [-0.15, -0.1) is 0 Å². The number of aliphatic hydroxyl groups excluding tert-OH is 1. The van der Waals surface area contributed by atoms with Crippen LogP contribution in [-0.2, 0) is 4.79 Å². The van der Waals surface area contributed by atoms with Crippen molar-refractivity contribution >= 4 is 11.9 Å². The van der Waals surface area contributed by atoms with E-state index in [1.165, 1.54) is 12.1 Å². The summed E-state index contributed by atoms with van der Waals surface area (Å²) in [4.78, 5) is 23.3. The van der Waals surface area contributed by atoms with Gasteiger partial charge in [-0.05, 0) is 37.5 Å². The van der Waals surface area contributed by atoms with Gasteiger partial charge in [0.1, 0.15) is 5.82 Å². The highest BCUT2D eigenvalue weighted by atomic mass is 19.1. The van der Waals surface area contributed by atoms with Gasteiger partial charge in [-0.1, -0.05) is 12.1 Å². The summed E-state index contributed by atoms with van der Waals surface area (Å²) < 4.78 is 13.1. The lowest BCUT2D eigenvalue weighted by Crippen LogP contribution is -2.54. The minimum Gasteiger partial charge on any atom is -0.386 e. The number of carbonyl (C=O) groups excluding carboxylic acids is 1. The molecule has 7 nitrogen and oxygen atoms in total. The fourth-order valence-corrected chi connectivity index (χ4v) is 3.76. The molecule has 2 N–H and O–H groups in total. The normalized spacial score (nSPS) is 19.5. The van der Waals surface area contributed by atoms with Crippen LogP contribution in [0.25, 0.3) is 0 Å². The van der Waals surface area contributed by atoms with E-state index >= 15 is 0 Å². The maximum Gasteiger partial charge on any atom is 0.236 e. The zero-order valence-electron chi connectivity index (χ0n) is 17.2. The van der Waals surface area contributed by atoms with E-state index in [4.69, 9.17) is 0 Å². The molecule has 1 unspecified atom stereocenters. The third-order valence-corrected chi connectivity index (χ3v) is 5.49. The van der Waals surface area contributed by atoms with Crippen molar-refractivity contribution in [3.8, 4) is 0 Å². The Morgan fingerprint density at radius 3 is 2.38 bits per heavy atom. The van der Waals surface area contributed by atoms with Crippen LogP contribution in [0, 0.1) is 5.82 Å². The van der Waals surface area contributed by atoms with Crippen molar-refractivity contribution in [2.24, 2.45) is 4.99 Å². The molecule has 2 saturated heterocycles. The van der Waals surface area contributed by atoms with Crippen molar-refractivity contribution in [3.63, 3.8) is 0 Å². The van der Waals surface area contributed by atoms with Crippen molar-refractivity contribution in [1.29, 1.82) is 0 Å². The van der Waals surface area contributed by atoms with Crippen molar-refractivity contribution in [1.82, 2.24) is 20.0 Å². The summed E-state index contributed by atoms with van der Waals surface area (Å²) in [5.41, 5.74) is 0.649. The van der Waals surface area contributed by atoms with Gasteiger partial charge in [-0.3, -0.25) is 14.7 Å². The molecule has 0 radical (unpaired) electrons. The van der Waals surface area contributed by atoms with Gasteiger partial charge < -0.3 is 20.2 Å². The van der Waals surface area contributed by atoms with E-state index in [1.807, 2.05) is 11.8 Å². The van der Waals surface area contributed by atoms with Crippen molar-refractivity contribution in [2.45, 2.75) is 25.9 Å². The number of guanidine groups is 1. The molecule has 3 rings (SSSR count). The molecule has 0 aliphatic carbocycles. The monoisotopic (exact) mass is 405 g/mol. The molecule has 2 aliphatic heterocycles. The second-order valence-corrected chi connectivity index (χ2v) is 7.61. The molecule has 0 saturated carbocycles. The first-order chi connectivity index (χ1) is 14.1. The Balaban J connectivity index is 1.50. The quantitative estimate of drug-likeness (QED) is 0.547. The Labute approximate surface area is 172 Å². The lowest BCUT2D eigenvalue weighted by atomic mass is 10.1. The van der Waals surface area contributed by atoms with Crippen molar-refractivity contribution in [2.75, 3.05) is 58.9 Å². The van der Waals surface area contributed by atoms with Gasteiger partial charge in [0.15, 0.2) is 5.96 Å². The first-order valence-electron chi connectivity index (χ1n) is 10.5. The van der Waals surface area contributed by atoms with Crippen LogP contribution in [0.15, 0.2) is 29.3 Å². The zero-order chi connectivity index (χ0) is 20.6. The molecule has 1 amide bonds. The molecule has 0 spiro atoms. The van der Waals surface area contributed by atoms with E-state index in [-0.39, 0.29) is 18.3 Å². The number of rotatable bonds is 6. The number of amides is 1. The number of carbonyl (C=O) groups is 1. The van der Waals surface area contributed by atoms with Crippen LogP contribution in [0.1, 0.15) is 31.4 Å². The Morgan fingerprint density at radius 1 is 1.10 bits per heavy atom. The SMILES string of the molecule is CCNC(=NCC(O)c1ccc(F)cc1)N1CCN(CC(=O)N2CCCC2)CC1. The first kappa shape index (κ1) is 21.5. The summed E-state index contributed by atoms with van der Waals surface area (Å²) in [7, 11) is 0. The standard InChI is InChI=1S/C21H32FN5O2/c1-2-23-21(24-15-19(28)17-5-7-18(22)8-6-17)27-13-11-25(12-14-27)16-20(29)26-9-3-4-10-26/h5-8,19,28H,2-4,9-16H2,1H3,(H,23,24). The summed E-state index contributed by atoms with van der Waals surface area (Å²) in [6.45, 7) is 8.42. The van der Waals surface area contributed by atoms with Crippen LogP contribution < -0.4 is 5.32 Å². The van der Waals surface area contributed by atoms with Crippen molar-refractivity contribution < 1.29 is 14.3 Å². The van der Waals surface area contributed by atoms with Gasteiger partial charge in [0, 0.05) is 45.8 Å². The Hall–Kier alpha value is -2.19. The highest BCUT2D eigenvalue weighted by Gasteiger charge is 2.24. The molecule has 160 valence electrons. The van der Waals surface area contributed by atoms with Gasteiger partial charge in [-0.25, -0.2) is 4.39 Å². The van der Waals surface area contributed by atoms with Gasteiger partial charge in [0.05, 0.1) is 19.2 Å². The van der Waals surface area contributed by atoms with E-state index in [9.17, 15) is 14.3 Å². The number of piperazine rings is 1. The number of benzene rings is 1. The van der Waals surface area contributed by atoms with Crippen LogP contribution in [0.2, 0.25) is 0 Å². The second-order valence-electron chi connectivity index (χ2n) is 7.61. The molecule has 29 heavy (non-hydrogen) atoms. The smallest absolute Gasteiger partial charge is 0.236 e. The molecule has 2 aliphatic rings. The fraction of sp³-hybridized carbons (Fsp3) is 0.619. The molecule has 0 bridgehead atoms. The number of aliphatic imine (C=N–C) groups is 1.